The minimum absolute atomic E-state index is 0.611. The number of fused-ring (bicyclic) bond motifs is 1. The van der Waals surface area contributed by atoms with Gasteiger partial charge in [0.25, 0.3) is 0 Å². The van der Waals surface area contributed by atoms with E-state index in [1.54, 1.807) is 6.33 Å². The van der Waals surface area contributed by atoms with Crippen LogP contribution in [0.25, 0.3) is 0 Å². The molecule has 60 valence electrons. The molecule has 0 aromatic carbocycles. The third-order valence-electron chi connectivity index (χ3n) is 2.15. The van der Waals surface area contributed by atoms with Crippen LogP contribution in [0.3, 0.4) is 0 Å². The Bertz CT molecular complexity index is 246. The van der Waals surface area contributed by atoms with Gasteiger partial charge in [-0.15, -0.1) is 21.8 Å². The van der Waals surface area contributed by atoms with Crippen LogP contribution in [0.15, 0.2) is 6.33 Å². The fourth-order valence-electron chi connectivity index (χ4n) is 1.45. The Labute approximate surface area is 70.4 Å². The van der Waals surface area contributed by atoms with Gasteiger partial charge >= 0.3 is 0 Å². The molecule has 0 N–H and O–H groups in total. The molecule has 1 aliphatic heterocycles. The second-order valence-electron chi connectivity index (χ2n) is 2.96. The summed E-state index contributed by atoms with van der Waals surface area (Å²) >= 11 is 5.76. The summed E-state index contributed by atoms with van der Waals surface area (Å²) in [4.78, 5) is 0. The van der Waals surface area contributed by atoms with Crippen LogP contribution in [0.4, 0.5) is 0 Å². The standard InChI is InChI=1S/C7H10ClN3/c8-3-6-1-2-7-10-9-5-11(7)4-6/h5-6H,1-4H2. The number of rotatable bonds is 1. The molecule has 1 unspecified atom stereocenters. The maximum Gasteiger partial charge on any atom is 0.132 e. The van der Waals surface area contributed by atoms with Crippen LogP contribution in [0.1, 0.15) is 12.2 Å². The van der Waals surface area contributed by atoms with Crippen LogP contribution < -0.4 is 0 Å². The van der Waals surface area contributed by atoms with Gasteiger partial charge in [-0.2, -0.15) is 0 Å². The quantitative estimate of drug-likeness (QED) is 0.592. The molecule has 3 nitrogen and oxygen atoms in total. The first kappa shape index (κ1) is 7.10. The van der Waals surface area contributed by atoms with Gasteiger partial charge in [0.05, 0.1) is 0 Å². The average Bonchev–Trinajstić information content (AvgIpc) is 2.50. The van der Waals surface area contributed by atoms with Gasteiger partial charge in [-0.05, 0) is 12.3 Å². The van der Waals surface area contributed by atoms with E-state index in [4.69, 9.17) is 11.6 Å². The second kappa shape index (κ2) is 2.81. The molecule has 0 radical (unpaired) electrons. The third-order valence-corrected chi connectivity index (χ3v) is 2.58. The lowest BCUT2D eigenvalue weighted by Crippen LogP contribution is -2.20. The molecule has 0 spiro atoms. The van der Waals surface area contributed by atoms with Crippen molar-refractivity contribution < 1.29 is 0 Å². The predicted molar refractivity (Wildman–Crippen MR) is 42.6 cm³/mol. The van der Waals surface area contributed by atoms with Crippen molar-refractivity contribution in [3.05, 3.63) is 12.2 Å². The monoisotopic (exact) mass is 171 g/mol. The van der Waals surface area contributed by atoms with Gasteiger partial charge in [0.2, 0.25) is 0 Å². The molecule has 4 heteroatoms. The summed E-state index contributed by atoms with van der Waals surface area (Å²) in [7, 11) is 0. The van der Waals surface area contributed by atoms with E-state index >= 15 is 0 Å². The van der Waals surface area contributed by atoms with Crippen LogP contribution in [-0.4, -0.2) is 20.6 Å². The van der Waals surface area contributed by atoms with Crippen LogP contribution in [0.2, 0.25) is 0 Å². The van der Waals surface area contributed by atoms with E-state index in [9.17, 15) is 0 Å². The Morgan fingerprint density at radius 1 is 1.73 bits per heavy atom. The van der Waals surface area contributed by atoms with E-state index in [1.807, 2.05) is 0 Å². The van der Waals surface area contributed by atoms with Crippen molar-refractivity contribution in [3.8, 4) is 0 Å². The van der Waals surface area contributed by atoms with E-state index in [0.717, 1.165) is 31.1 Å². The van der Waals surface area contributed by atoms with Gasteiger partial charge in [-0.25, -0.2) is 0 Å². The van der Waals surface area contributed by atoms with Crippen molar-refractivity contribution in [2.24, 2.45) is 5.92 Å². The Balaban J connectivity index is 2.18. The zero-order valence-corrected chi connectivity index (χ0v) is 6.96. The molecule has 0 bridgehead atoms. The molecule has 2 rings (SSSR count). The van der Waals surface area contributed by atoms with Crippen molar-refractivity contribution >= 4 is 11.6 Å². The van der Waals surface area contributed by atoms with Crippen molar-refractivity contribution in [1.82, 2.24) is 14.8 Å². The fraction of sp³-hybridized carbons (Fsp3) is 0.714. The summed E-state index contributed by atoms with van der Waals surface area (Å²) in [6.07, 6.45) is 3.97. The second-order valence-corrected chi connectivity index (χ2v) is 3.27. The predicted octanol–water partition coefficient (Wildman–Crippen LogP) is 1.08. The van der Waals surface area contributed by atoms with Crippen molar-refractivity contribution in [2.75, 3.05) is 5.88 Å². The van der Waals surface area contributed by atoms with Gasteiger partial charge in [0.1, 0.15) is 12.2 Å². The molecular formula is C7H10ClN3. The van der Waals surface area contributed by atoms with E-state index in [0.29, 0.717) is 5.92 Å². The number of alkyl halides is 1. The average molecular weight is 172 g/mol. The Morgan fingerprint density at radius 3 is 3.45 bits per heavy atom. The zero-order valence-electron chi connectivity index (χ0n) is 6.20. The molecule has 0 fully saturated rings. The van der Waals surface area contributed by atoms with Gasteiger partial charge in [-0.3, -0.25) is 0 Å². The Morgan fingerprint density at radius 2 is 2.64 bits per heavy atom. The SMILES string of the molecule is ClCC1CCc2nncn2C1. The summed E-state index contributed by atoms with van der Waals surface area (Å²) in [6.45, 7) is 0.992. The number of hydrogen-bond acceptors (Lipinski definition) is 2. The Hall–Kier alpha value is -0.570. The zero-order chi connectivity index (χ0) is 7.68. The smallest absolute Gasteiger partial charge is 0.132 e. The van der Waals surface area contributed by atoms with E-state index < -0.39 is 0 Å². The van der Waals surface area contributed by atoms with Crippen LogP contribution in [-0.2, 0) is 13.0 Å². The first-order valence-electron chi connectivity index (χ1n) is 3.83. The highest BCUT2D eigenvalue weighted by molar-refractivity contribution is 6.18. The summed E-state index contributed by atoms with van der Waals surface area (Å²) in [6, 6.07) is 0. The summed E-state index contributed by atoms with van der Waals surface area (Å²) in [5.41, 5.74) is 0. The molecule has 2 heterocycles. The lowest BCUT2D eigenvalue weighted by atomic mass is 10.0. The Kier molecular flexibility index (Phi) is 1.82. The molecule has 0 saturated heterocycles. The van der Waals surface area contributed by atoms with E-state index in [2.05, 4.69) is 14.8 Å². The summed E-state index contributed by atoms with van der Waals surface area (Å²) < 4.78 is 2.09. The molecule has 1 atom stereocenters. The van der Waals surface area contributed by atoms with Gasteiger partial charge in [0, 0.05) is 18.8 Å². The van der Waals surface area contributed by atoms with E-state index in [-0.39, 0.29) is 0 Å². The molecule has 0 aliphatic carbocycles. The number of aryl methyl sites for hydroxylation is 1. The highest BCUT2D eigenvalue weighted by Gasteiger charge is 2.17. The minimum atomic E-state index is 0.611. The number of aromatic nitrogens is 3. The third kappa shape index (κ3) is 1.25. The molecule has 0 saturated carbocycles. The summed E-state index contributed by atoms with van der Waals surface area (Å²) in [5, 5.41) is 7.84. The molecule has 11 heavy (non-hydrogen) atoms. The molecule has 1 aromatic heterocycles. The fourth-order valence-corrected chi connectivity index (χ4v) is 1.71. The maximum atomic E-state index is 5.76. The lowest BCUT2D eigenvalue weighted by molar-refractivity contribution is 0.398. The van der Waals surface area contributed by atoms with Crippen molar-refractivity contribution in [2.45, 2.75) is 19.4 Å². The molecule has 1 aromatic rings. The number of hydrogen-bond donors (Lipinski definition) is 0. The first-order chi connectivity index (χ1) is 5.40. The number of nitrogens with zero attached hydrogens (tertiary/aromatic N) is 3. The largest absolute Gasteiger partial charge is 0.317 e. The highest BCUT2D eigenvalue weighted by Crippen LogP contribution is 2.18. The van der Waals surface area contributed by atoms with Crippen LogP contribution in [0.5, 0.6) is 0 Å². The van der Waals surface area contributed by atoms with Crippen molar-refractivity contribution in [3.63, 3.8) is 0 Å². The number of halogens is 1. The van der Waals surface area contributed by atoms with Gasteiger partial charge in [0.15, 0.2) is 0 Å². The van der Waals surface area contributed by atoms with Crippen molar-refractivity contribution in [1.29, 1.82) is 0 Å². The van der Waals surface area contributed by atoms with E-state index in [1.165, 1.54) is 0 Å². The summed E-state index contributed by atoms with van der Waals surface area (Å²) in [5.74, 6) is 2.46. The first-order valence-corrected chi connectivity index (χ1v) is 4.36. The van der Waals surface area contributed by atoms with Gasteiger partial charge < -0.3 is 4.57 Å². The normalized spacial score (nSPS) is 23.2. The topological polar surface area (TPSA) is 30.7 Å². The minimum Gasteiger partial charge on any atom is -0.317 e. The van der Waals surface area contributed by atoms with Gasteiger partial charge in [-0.1, -0.05) is 0 Å². The molecule has 0 amide bonds. The maximum absolute atomic E-state index is 5.76. The van der Waals surface area contributed by atoms with Crippen LogP contribution >= 0.6 is 11.6 Å². The highest BCUT2D eigenvalue weighted by atomic mass is 35.5. The van der Waals surface area contributed by atoms with Crippen LogP contribution in [0, 0.1) is 5.92 Å². The lowest BCUT2D eigenvalue weighted by Gasteiger charge is -2.20. The molecular weight excluding hydrogens is 162 g/mol. The molecule has 1 aliphatic rings.